The van der Waals surface area contributed by atoms with Crippen LogP contribution in [-0.4, -0.2) is 44.4 Å². The number of nitrogens with zero attached hydrogens (tertiary/aromatic N) is 4. The zero-order chi connectivity index (χ0) is 17.3. The highest BCUT2D eigenvalue weighted by Gasteiger charge is 2.07. The van der Waals surface area contributed by atoms with Crippen molar-refractivity contribution in [2.45, 2.75) is 18.2 Å². The average Bonchev–Trinajstić information content (AvgIpc) is 3.07. The number of rotatable bonds is 9. The molecule has 130 valence electrons. The van der Waals surface area contributed by atoms with Crippen LogP contribution in [-0.2, 0) is 16.1 Å². The quantitative estimate of drug-likeness (QED) is 0.466. The number of thioether (sulfide) groups is 1. The molecule has 25 heavy (non-hydrogen) atoms. The largest absolute Gasteiger partial charge is 0.377 e. The molecule has 3 aromatic rings. The highest BCUT2D eigenvalue weighted by molar-refractivity contribution is 7.99. The van der Waals surface area contributed by atoms with Crippen molar-refractivity contribution < 1.29 is 9.53 Å². The first-order chi connectivity index (χ1) is 12.3. The van der Waals surface area contributed by atoms with Crippen molar-refractivity contribution in [3.63, 3.8) is 0 Å². The minimum Gasteiger partial charge on any atom is -0.377 e. The molecular weight excluding hydrogens is 338 g/mol. The summed E-state index contributed by atoms with van der Waals surface area (Å²) in [5, 5.41) is 7.65. The van der Waals surface area contributed by atoms with Gasteiger partial charge in [-0.3, -0.25) is 4.79 Å². The van der Waals surface area contributed by atoms with Crippen molar-refractivity contribution in [3.8, 4) is 0 Å². The Bertz CT molecular complexity index is 776. The topological polar surface area (TPSA) is 81.4 Å². The summed E-state index contributed by atoms with van der Waals surface area (Å²) in [6, 6.07) is 11.8. The van der Waals surface area contributed by atoms with E-state index in [4.69, 9.17) is 4.74 Å². The van der Waals surface area contributed by atoms with Crippen molar-refractivity contribution >= 4 is 23.4 Å². The van der Waals surface area contributed by atoms with Gasteiger partial charge in [0.25, 0.3) is 5.78 Å². The van der Waals surface area contributed by atoms with E-state index in [9.17, 15) is 4.79 Å². The first-order valence-corrected chi connectivity index (χ1v) is 8.98. The SMILES string of the molecule is O=C(CSc1nc2ncccn2n1)NCCCOCc1ccccc1. The molecule has 0 aliphatic carbocycles. The zero-order valence-electron chi connectivity index (χ0n) is 13.7. The lowest BCUT2D eigenvalue weighted by molar-refractivity contribution is -0.118. The van der Waals surface area contributed by atoms with E-state index in [0.717, 1.165) is 12.0 Å². The standard InChI is InChI=1S/C17H19N5O2S/c23-15(13-25-17-20-16-19-8-4-10-22(16)21-17)18-9-5-11-24-12-14-6-2-1-3-7-14/h1-4,6-8,10H,5,9,11-13H2,(H,18,23). The second-order valence-corrected chi connectivity index (χ2v) is 6.23. The Hall–Kier alpha value is -2.45. The molecule has 0 fully saturated rings. The Morgan fingerprint density at radius 1 is 1.24 bits per heavy atom. The molecule has 1 N–H and O–H groups in total. The maximum Gasteiger partial charge on any atom is 0.253 e. The molecule has 8 heteroatoms. The maximum absolute atomic E-state index is 11.8. The van der Waals surface area contributed by atoms with Crippen LogP contribution in [0.2, 0.25) is 0 Å². The van der Waals surface area contributed by atoms with Gasteiger partial charge in [-0.1, -0.05) is 42.1 Å². The van der Waals surface area contributed by atoms with Crippen LogP contribution in [0, 0.1) is 0 Å². The normalized spacial score (nSPS) is 10.9. The summed E-state index contributed by atoms with van der Waals surface area (Å²) < 4.78 is 7.17. The van der Waals surface area contributed by atoms with E-state index >= 15 is 0 Å². The molecule has 0 radical (unpaired) electrons. The summed E-state index contributed by atoms with van der Waals surface area (Å²) >= 11 is 1.29. The Kier molecular flexibility index (Phi) is 6.35. The van der Waals surface area contributed by atoms with Crippen molar-refractivity contribution in [1.82, 2.24) is 24.9 Å². The fourth-order valence-electron chi connectivity index (χ4n) is 2.12. The van der Waals surface area contributed by atoms with Crippen LogP contribution in [0.4, 0.5) is 0 Å². The van der Waals surface area contributed by atoms with Gasteiger partial charge < -0.3 is 10.1 Å². The molecule has 0 bridgehead atoms. The predicted octanol–water partition coefficient (Wildman–Crippen LogP) is 1.94. The number of nitrogens with one attached hydrogen (secondary N) is 1. The third kappa shape index (κ3) is 5.54. The van der Waals surface area contributed by atoms with Crippen molar-refractivity contribution in [2.24, 2.45) is 0 Å². The number of carbonyl (C=O) groups excluding carboxylic acids is 1. The molecule has 0 saturated carbocycles. The molecule has 0 saturated heterocycles. The van der Waals surface area contributed by atoms with E-state index in [2.05, 4.69) is 20.4 Å². The summed E-state index contributed by atoms with van der Waals surface area (Å²) in [4.78, 5) is 20.2. The maximum atomic E-state index is 11.8. The molecule has 0 aliphatic rings. The third-order valence-electron chi connectivity index (χ3n) is 3.33. The van der Waals surface area contributed by atoms with Crippen LogP contribution in [0.3, 0.4) is 0 Å². The summed E-state index contributed by atoms with van der Waals surface area (Å²) in [5.41, 5.74) is 1.15. The van der Waals surface area contributed by atoms with E-state index in [1.807, 2.05) is 30.3 Å². The summed E-state index contributed by atoms with van der Waals surface area (Å²) in [5.74, 6) is 0.766. The predicted molar refractivity (Wildman–Crippen MR) is 95.2 cm³/mol. The lowest BCUT2D eigenvalue weighted by atomic mass is 10.2. The van der Waals surface area contributed by atoms with E-state index in [0.29, 0.717) is 30.7 Å². The Balaban J connectivity index is 1.28. The highest BCUT2D eigenvalue weighted by atomic mass is 32.2. The first-order valence-electron chi connectivity index (χ1n) is 8.00. The zero-order valence-corrected chi connectivity index (χ0v) is 14.5. The van der Waals surface area contributed by atoms with Crippen LogP contribution < -0.4 is 5.32 Å². The smallest absolute Gasteiger partial charge is 0.253 e. The van der Waals surface area contributed by atoms with Gasteiger partial charge in [0, 0.05) is 25.5 Å². The van der Waals surface area contributed by atoms with Gasteiger partial charge in [0.15, 0.2) is 0 Å². The molecule has 0 spiro atoms. The Labute approximate surface area is 149 Å². The average molecular weight is 357 g/mol. The molecule has 1 amide bonds. The highest BCUT2D eigenvalue weighted by Crippen LogP contribution is 2.12. The van der Waals surface area contributed by atoms with E-state index in [-0.39, 0.29) is 11.7 Å². The van der Waals surface area contributed by atoms with Crippen LogP contribution >= 0.6 is 11.8 Å². The molecule has 3 rings (SSSR count). The molecule has 2 aromatic heterocycles. The number of amides is 1. The molecular formula is C17H19N5O2S. The Morgan fingerprint density at radius 3 is 2.96 bits per heavy atom. The minimum absolute atomic E-state index is 0.0418. The number of carbonyl (C=O) groups is 1. The second kappa shape index (κ2) is 9.14. The molecule has 2 heterocycles. The van der Waals surface area contributed by atoms with Crippen molar-refractivity contribution in [3.05, 3.63) is 54.4 Å². The number of hydrogen-bond acceptors (Lipinski definition) is 6. The fourth-order valence-corrected chi connectivity index (χ4v) is 2.78. The van der Waals surface area contributed by atoms with E-state index in [1.165, 1.54) is 11.8 Å². The monoisotopic (exact) mass is 357 g/mol. The summed E-state index contributed by atoms with van der Waals surface area (Å²) in [6.07, 6.45) is 4.21. The van der Waals surface area contributed by atoms with Crippen molar-refractivity contribution in [2.75, 3.05) is 18.9 Å². The summed E-state index contributed by atoms with van der Waals surface area (Å²) in [7, 11) is 0. The van der Waals surface area contributed by atoms with Gasteiger partial charge >= 0.3 is 0 Å². The number of benzene rings is 1. The van der Waals surface area contributed by atoms with Crippen molar-refractivity contribution in [1.29, 1.82) is 0 Å². The van der Waals surface area contributed by atoms with Crippen LogP contribution in [0.25, 0.3) is 5.78 Å². The van der Waals surface area contributed by atoms with Gasteiger partial charge in [0.1, 0.15) is 0 Å². The lowest BCUT2D eigenvalue weighted by Gasteiger charge is -2.06. The van der Waals surface area contributed by atoms with Crippen LogP contribution in [0.5, 0.6) is 0 Å². The van der Waals surface area contributed by atoms with Crippen LogP contribution in [0.15, 0.2) is 53.9 Å². The minimum atomic E-state index is -0.0418. The Morgan fingerprint density at radius 2 is 2.12 bits per heavy atom. The van der Waals surface area contributed by atoms with Gasteiger partial charge in [0.05, 0.1) is 12.4 Å². The molecule has 0 aliphatic heterocycles. The molecule has 0 unspecified atom stereocenters. The van der Waals surface area contributed by atoms with Crippen LogP contribution in [0.1, 0.15) is 12.0 Å². The second-order valence-electron chi connectivity index (χ2n) is 5.29. The molecule has 1 aromatic carbocycles. The number of hydrogen-bond donors (Lipinski definition) is 1. The molecule has 0 atom stereocenters. The lowest BCUT2D eigenvalue weighted by Crippen LogP contribution is -2.26. The fraction of sp³-hybridized carbons (Fsp3) is 0.294. The third-order valence-corrected chi connectivity index (χ3v) is 4.17. The van der Waals surface area contributed by atoms with E-state index in [1.54, 1.807) is 23.0 Å². The van der Waals surface area contributed by atoms with Gasteiger partial charge in [-0.15, -0.1) is 5.10 Å². The van der Waals surface area contributed by atoms with Gasteiger partial charge in [-0.25, -0.2) is 9.50 Å². The molecule has 7 nitrogen and oxygen atoms in total. The van der Waals surface area contributed by atoms with Gasteiger partial charge in [-0.05, 0) is 18.1 Å². The number of ether oxygens (including phenoxy) is 1. The van der Waals surface area contributed by atoms with Gasteiger partial charge in [-0.2, -0.15) is 4.98 Å². The first kappa shape index (κ1) is 17.4. The number of aromatic nitrogens is 4. The van der Waals surface area contributed by atoms with Gasteiger partial charge in [0.2, 0.25) is 11.1 Å². The van der Waals surface area contributed by atoms with E-state index < -0.39 is 0 Å². The number of fused-ring (bicyclic) bond motifs is 1. The summed E-state index contributed by atoms with van der Waals surface area (Å²) in [6.45, 7) is 1.80.